The predicted molar refractivity (Wildman–Crippen MR) is 94.1 cm³/mol. The maximum atomic E-state index is 12.4. The second-order valence-corrected chi connectivity index (χ2v) is 6.86. The number of carbonyl (C=O) groups is 2. The molecule has 0 radical (unpaired) electrons. The van der Waals surface area contributed by atoms with Crippen LogP contribution in [0.3, 0.4) is 0 Å². The molecule has 0 atom stereocenters. The summed E-state index contributed by atoms with van der Waals surface area (Å²) in [6.45, 7) is 5.26. The molecule has 1 aromatic carbocycles. The monoisotopic (exact) mass is 344 g/mol. The number of nitrogens with one attached hydrogen (secondary N) is 1. The van der Waals surface area contributed by atoms with Crippen molar-refractivity contribution in [1.82, 2.24) is 5.32 Å². The van der Waals surface area contributed by atoms with Gasteiger partial charge in [-0.15, -0.1) is 0 Å². The Bertz CT molecular complexity index is 803. The van der Waals surface area contributed by atoms with E-state index in [2.05, 4.69) is 5.32 Å². The average Bonchev–Trinajstić information content (AvgIpc) is 3.00. The number of primary amides is 1. The van der Waals surface area contributed by atoms with Crippen molar-refractivity contribution in [2.45, 2.75) is 33.1 Å². The number of aryl methyl sites for hydroxylation is 2. The van der Waals surface area contributed by atoms with Gasteiger partial charge in [-0.1, -0.05) is 12.1 Å². The van der Waals surface area contributed by atoms with Gasteiger partial charge < -0.3 is 20.2 Å². The largest absolute Gasteiger partial charge is 0.464 e. The molecule has 0 saturated carbocycles. The molecule has 0 unspecified atom stereocenters. The molecular weight excluding hydrogens is 320 g/mol. The van der Waals surface area contributed by atoms with Crippen LogP contribution >= 0.6 is 0 Å². The molecule has 0 spiro atoms. The quantitative estimate of drug-likeness (QED) is 0.867. The Kier molecular flexibility index (Phi) is 4.81. The van der Waals surface area contributed by atoms with Crippen LogP contribution in [0.5, 0.6) is 0 Å². The van der Waals surface area contributed by atoms with Gasteiger partial charge in [0, 0.05) is 30.7 Å². The molecule has 2 aromatic rings. The SMILES string of the molecule is Cc1ccc2c(CC(=O)NCC3(C(N)=O)CCOCC3)coc2c1C. The van der Waals surface area contributed by atoms with Crippen LogP contribution in [0.4, 0.5) is 0 Å². The van der Waals surface area contributed by atoms with Crippen molar-refractivity contribution >= 4 is 22.8 Å². The number of furan rings is 1. The first kappa shape index (κ1) is 17.5. The number of ether oxygens (including phenoxy) is 1. The molecule has 2 amide bonds. The molecule has 25 heavy (non-hydrogen) atoms. The standard InChI is InChI=1S/C19H24N2O4/c1-12-3-4-15-14(10-25-17(15)13(12)2)9-16(22)21-11-19(18(20)23)5-7-24-8-6-19/h3-4,10H,5-9,11H2,1-2H3,(H2,20,23)(H,21,22). The van der Waals surface area contributed by atoms with Gasteiger partial charge in [-0.25, -0.2) is 0 Å². The van der Waals surface area contributed by atoms with E-state index >= 15 is 0 Å². The van der Waals surface area contributed by atoms with Gasteiger partial charge in [0.15, 0.2) is 0 Å². The lowest BCUT2D eigenvalue weighted by Gasteiger charge is -2.34. The lowest BCUT2D eigenvalue weighted by atomic mass is 9.79. The number of fused-ring (bicyclic) bond motifs is 1. The van der Waals surface area contributed by atoms with E-state index in [1.165, 1.54) is 0 Å². The summed E-state index contributed by atoms with van der Waals surface area (Å²) in [5, 5.41) is 3.82. The fourth-order valence-corrected chi connectivity index (χ4v) is 3.30. The van der Waals surface area contributed by atoms with Crippen molar-refractivity contribution < 1.29 is 18.7 Å². The highest BCUT2D eigenvalue weighted by atomic mass is 16.5. The first-order chi connectivity index (χ1) is 11.9. The zero-order valence-corrected chi connectivity index (χ0v) is 14.7. The molecular formula is C19H24N2O4. The number of nitrogens with two attached hydrogens (primary N) is 1. The first-order valence-corrected chi connectivity index (χ1v) is 8.53. The summed E-state index contributed by atoms with van der Waals surface area (Å²) in [5.74, 6) is -0.524. The van der Waals surface area contributed by atoms with E-state index in [-0.39, 0.29) is 24.8 Å². The first-order valence-electron chi connectivity index (χ1n) is 8.53. The van der Waals surface area contributed by atoms with Gasteiger partial charge >= 0.3 is 0 Å². The molecule has 1 fully saturated rings. The fraction of sp³-hybridized carbons (Fsp3) is 0.474. The third kappa shape index (κ3) is 3.39. The maximum Gasteiger partial charge on any atom is 0.225 e. The van der Waals surface area contributed by atoms with E-state index in [9.17, 15) is 9.59 Å². The predicted octanol–water partition coefficient (Wildman–Crippen LogP) is 1.99. The minimum absolute atomic E-state index is 0.145. The smallest absolute Gasteiger partial charge is 0.225 e. The summed E-state index contributed by atoms with van der Waals surface area (Å²) in [4.78, 5) is 24.2. The van der Waals surface area contributed by atoms with Crippen LogP contribution in [-0.2, 0) is 20.7 Å². The van der Waals surface area contributed by atoms with Crippen LogP contribution in [-0.4, -0.2) is 31.6 Å². The molecule has 0 bridgehead atoms. The van der Waals surface area contributed by atoms with Gasteiger partial charge in [-0.2, -0.15) is 0 Å². The highest BCUT2D eigenvalue weighted by Gasteiger charge is 2.38. The van der Waals surface area contributed by atoms with Crippen LogP contribution in [0.25, 0.3) is 11.0 Å². The highest BCUT2D eigenvalue weighted by Crippen LogP contribution is 2.30. The number of hydrogen-bond donors (Lipinski definition) is 2. The van der Waals surface area contributed by atoms with Crippen molar-refractivity contribution in [3.05, 3.63) is 35.1 Å². The van der Waals surface area contributed by atoms with E-state index in [1.54, 1.807) is 6.26 Å². The van der Waals surface area contributed by atoms with E-state index < -0.39 is 5.41 Å². The fourth-order valence-electron chi connectivity index (χ4n) is 3.30. The Morgan fingerprint density at radius 1 is 1.24 bits per heavy atom. The van der Waals surface area contributed by atoms with Gasteiger partial charge in [0.25, 0.3) is 0 Å². The molecule has 1 saturated heterocycles. The maximum absolute atomic E-state index is 12.4. The van der Waals surface area contributed by atoms with E-state index in [0.717, 1.165) is 27.7 Å². The van der Waals surface area contributed by atoms with Gasteiger partial charge in [0.1, 0.15) is 5.58 Å². The normalized spacial score (nSPS) is 16.7. The summed E-state index contributed by atoms with van der Waals surface area (Å²) in [7, 11) is 0. The van der Waals surface area contributed by atoms with Gasteiger partial charge in [0.05, 0.1) is 18.1 Å². The average molecular weight is 344 g/mol. The Balaban J connectivity index is 1.69. The zero-order chi connectivity index (χ0) is 18.0. The Hall–Kier alpha value is -2.34. The van der Waals surface area contributed by atoms with Crippen molar-refractivity contribution in [3.63, 3.8) is 0 Å². The van der Waals surface area contributed by atoms with Crippen molar-refractivity contribution in [2.75, 3.05) is 19.8 Å². The highest BCUT2D eigenvalue weighted by molar-refractivity contribution is 5.90. The topological polar surface area (TPSA) is 94.6 Å². The summed E-state index contributed by atoms with van der Waals surface area (Å²) in [6, 6.07) is 4.01. The van der Waals surface area contributed by atoms with Crippen LogP contribution in [0.1, 0.15) is 29.5 Å². The van der Waals surface area contributed by atoms with E-state index in [1.807, 2.05) is 26.0 Å². The minimum atomic E-state index is -0.708. The third-order valence-corrected chi connectivity index (χ3v) is 5.29. The number of benzene rings is 1. The van der Waals surface area contributed by atoms with Gasteiger partial charge in [0.2, 0.25) is 11.8 Å². The van der Waals surface area contributed by atoms with E-state index in [0.29, 0.717) is 26.1 Å². The lowest BCUT2D eigenvalue weighted by molar-refractivity contribution is -0.133. The Morgan fingerprint density at radius 3 is 2.64 bits per heavy atom. The molecule has 0 aliphatic carbocycles. The number of amides is 2. The van der Waals surface area contributed by atoms with Crippen LogP contribution < -0.4 is 11.1 Å². The summed E-state index contributed by atoms with van der Waals surface area (Å²) < 4.78 is 10.9. The number of carbonyl (C=O) groups excluding carboxylic acids is 2. The van der Waals surface area contributed by atoms with Crippen LogP contribution in [0, 0.1) is 19.3 Å². The molecule has 6 nitrogen and oxygen atoms in total. The van der Waals surface area contributed by atoms with E-state index in [4.69, 9.17) is 14.9 Å². The zero-order valence-electron chi connectivity index (χ0n) is 14.7. The lowest BCUT2D eigenvalue weighted by Crippen LogP contribution is -2.49. The summed E-state index contributed by atoms with van der Waals surface area (Å²) >= 11 is 0. The third-order valence-electron chi connectivity index (χ3n) is 5.29. The summed E-state index contributed by atoms with van der Waals surface area (Å²) in [6.07, 6.45) is 2.92. The molecule has 134 valence electrons. The Morgan fingerprint density at radius 2 is 1.96 bits per heavy atom. The molecule has 3 N–H and O–H groups in total. The van der Waals surface area contributed by atoms with Crippen molar-refractivity contribution in [3.8, 4) is 0 Å². The second-order valence-electron chi connectivity index (χ2n) is 6.86. The molecule has 2 heterocycles. The number of rotatable bonds is 5. The second kappa shape index (κ2) is 6.88. The molecule has 1 aliphatic rings. The van der Waals surface area contributed by atoms with Crippen molar-refractivity contribution in [2.24, 2.45) is 11.1 Å². The van der Waals surface area contributed by atoms with Gasteiger partial charge in [-0.3, -0.25) is 9.59 Å². The molecule has 1 aliphatic heterocycles. The van der Waals surface area contributed by atoms with Crippen LogP contribution in [0.15, 0.2) is 22.8 Å². The van der Waals surface area contributed by atoms with Gasteiger partial charge in [-0.05, 0) is 37.8 Å². The van der Waals surface area contributed by atoms with Crippen LogP contribution in [0.2, 0.25) is 0 Å². The molecule has 6 heteroatoms. The molecule has 1 aromatic heterocycles. The van der Waals surface area contributed by atoms with Crippen molar-refractivity contribution in [1.29, 1.82) is 0 Å². The minimum Gasteiger partial charge on any atom is -0.464 e. The Labute approximate surface area is 146 Å². The molecule has 3 rings (SSSR count). The summed E-state index contributed by atoms with van der Waals surface area (Å²) in [5.41, 5.74) is 8.76. The number of hydrogen-bond acceptors (Lipinski definition) is 4.